The Morgan fingerprint density at radius 2 is 2.21 bits per heavy atom. The van der Waals surface area contributed by atoms with Gasteiger partial charge < -0.3 is 5.11 Å². The van der Waals surface area contributed by atoms with Gasteiger partial charge in [-0.1, -0.05) is 6.07 Å². The Morgan fingerprint density at radius 1 is 1.57 bits per heavy atom. The van der Waals surface area contributed by atoms with Crippen LogP contribution >= 0.6 is 0 Å². The number of phenolic OH excluding ortho intramolecular Hbond substituents is 1. The maximum atomic E-state index is 10.3. The first kappa shape index (κ1) is 10.2. The third kappa shape index (κ3) is 2.32. The maximum absolute atomic E-state index is 10.3. The van der Waals surface area contributed by atoms with Crippen LogP contribution in [0.15, 0.2) is 23.9 Å². The van der Waals surface area contributed by atoms with Crippen molar-refractivity contribution in [3.8, 4) is 5.75 Å². The molecule has 1 rings (SSSR count). The first-order valence-electron chi connectivity index (χ1n) is 4.13. The van der Waals surface area contributed by atoms with Crippen LogP contribution in [0.4, 0.5) is 0 Å². The molecular formula is C10H11NO3. The number of allylic oxidation sites excluding steroid dienone is 1. The molecule has 0 unspecified atom stereocenters. The first-order valence-corrected chi connectivity index (χ1v) is 4.13. The van der Waals surface area contributed by atoms with E-state index in [4.69, 9.17) is 0 Å². The Morgan fingerprint density at radius 3 is 2.71 bits per heavy atom. The Bertz CT molecular complexity index is 396. The summed E-state index contributed by atoms with van der Waals surface area (Å²) in [4.78, 5) is 9.90. The van der Waals surface area contributed by atoms with Crippen molar-refractivity contribution in [2.24, 2.45) is 0 Å². The summed E-state index contributed by atoms with van der Waals surface area (Å²) in [5.74, 6) is 0.195. The van der Waals surface area contributed by atoms with E-state index in [0.29, 0.717) is 5.56 Å². The molecule has 0 fully saturated rings. The van der Waals surface area contributed by atoms with Gasteiger partial charge in [0.1, 0.15) is 5.75 Å². The normalized spacial score (nSPS) is 11.4. The third-order valence-corrected chi connectivity index (χ3v) is 1.88. The van der Waals surface area contributed by atoms with E-state index in [2.05, 4.69) is 0 Å². The van der Waals surface area contributed by atoms with Crippen molar-refractivity contribution in [1.82, 2.24) is 0 Å². The molecule has 0 aliphatic rings. The maximum Gasteiger partial charge on any atom is 0.243 e. The largest absolute Gasteiger partial charge is 0.508 e. The highest BCUT2D eigenvalue weighted by Gasteiger charge is 2.02. The number of aromatic hydroxyl groups is 1. The minimum Gasteiger partial charge on any atom is -0.508 e. The van der Waals surface area contributed by atoms with E-state index >= 15 is 0 Å². The summed E-state index contributed by atoms with van der Waals surface area (Å²) >= 11 is 0. The van der Waals surface area contributed by atoms with E-state index in [1.54, 1.807) is 19.1 Å². The number of phenols is 1. The molecule has 0 aromatic heterocycles. The zero-order chi connectivity index (χ0) is 10.7. The highest BCUT2D eigenvalue weighted by atomic mass is 16.6. The third-order valence-electron chi connectivity index (χ3n) is 1.88. The minimum absolute atomic E-state index is 0.0788. The van der Waals surface area contributed by atoms with Gasteiger partial charge in [0.05, 0.1) is 4.92 Å². The lowest BCUT2D eigenvalue weighted by molar-refractivity contribution is -0.422. The van der Waals surface area contributed by atoms with Crippen LogP contribution in [0, 0.1) is 17.0 Å². The number of rotatable bonds is 2. The van der Waals surface area contributed by atoms with Crippen molar-refractivity contribution in [2.75, 3.05) is 0 Å². The van der Waals surface area contributed by atoms with Crippen molar-refractivity contribution in [2.45, 2.75) is 13.8 Å². The van der Waals surface area contributed by atoms with Gasteiger partial charge in [-0.15, -0.1) is 0 Å². The van der Waals surface area contributed by atoms with Gasteiger partial charge in [0, 0.05) is 13.0 Å². The summed E-state index contributed by atoms with van der Waals surface area (Å²) in [6.07, 6.45) is 1.46. The van der Waals surface area contributed by atoms with Gasteiger partial charge in [-0.25, -0.2) is 0 Å². The van der Waals surface area contributed by atoms with E-state index in [0.717, 1.165) is 5.56 Å². The molecule has 1 N–H and O–H groups in total. The van der Waals surface area contributed by atoms with Crippen LogP contribution in [0.5, 0.6) is 5.75 Å². The van der Waals surface area contributed by atoms with Crippen molar-refractivity contribution in [3.05, 3.63) is 45.1 Å². The van der Waals surface area contributed by atoms with Gasteiger partial charge in [-0.3, -0.25) is 10.1 Å². The SMILES string of the molecule is C/C(=C\c1ccc(O)c(C)c1)[N+](=O)[O-]. The second-order valence-electron chi connectivity index (χ2n) is 3.09. The zero-order valence-corrected chi connectivity index (χ0v) is 8.02. The van der Waals surface area contributed by atoms with Crippen LogP contribution in [0.3, 0.4) is 0 Å². The van der Waals surface area contributed by atoms with Crippen LogP contribution in [-0.2, 0) is 0 Å². The topological polar surface area (TPSA) is 63.4 Å². The van der Waals surface area contributed by atoms with Gasteiger partial charge in [0.2, 0.25) is 5.70 Å². The lowest BCUT2D eigenvalue weighted by Gasteiger charge is -1.99. The Labute approximate surface area is 81.6 Å². The van der Waals surface area contributed by atoms with E-state index in [1.807, 2.05) is 0 Å². The number of aryl methyl sites for hydroxylation is 1. The molecule has 74 valence electrons. The summed E-state index contributed by atoms with van der Waals surface area (Å²) in [5, 5.41) is 19.6. The van der Waals surface area contributed by atoms with Crippen molar-refractivity contribution < 1.29 is 10.0 Å². The van der Waals surface area contributed by atoms with E-state index < -0.39 is 4.92 Å². The molecule has 4 heteroatoms. The molecule has 0 spiro atoms. The number of nitrogens with zero attached hydrogens (tertiary/aromatic N) is 1. The van der Waals surface area contributed by atoms with Gasteiger partial charge in [0.25, 0.3) is 0 Å². The molecule has 4 nitrogen and oxygen atoms in total. The predicted molar refractivity (Wildman–Crippen MR) is 53.5 cm³/mol. The molecule has 0 radical (unpaired) electrons. The van der Waals surface area contributed by atoms with E-state index in [9.17, 15) is 15.2 Å². The number of benzene rings is 1. The Kier molecular flexibility index (Phi) is 2.86. The summed E-state index contributed by atoms with van der Waals surface area (Å²) in [6, 6.07) is 4.85. The molecule has 14 heavy (non-hydrogen) atoms. The predicted octanol–water partition coefficient (Wildman–Crippen LogP) is 2.34. The number of nitro groups is 1. The minimum atomic E-state index is -0.442. The molecule has 0 aliphatic carbocycles. The highest BCUT2D eigenvalue weighted by Crippen LogP contribution is 2.18. The van der Waals surface area contributed by atoms with Gasteiger partial charge in [0.15, 0.2) is 0 Å². The van der Waals surface area contributed by atoms with Crippen molar-refractivity contribution in [1.29, 1.82) is 0 Å². The molecule has 1 aromatic carbocycles. The first-order chi connectivity index (χ1) is 6.50. The lowest BCUT2D eigenvalue weighted by Crippen LogP contribution is -1.92. The average molecular weight is 193 g/mol. The van der Waals surface area contributed by atoms with Gasteiger partial charge in [-0.2, -0.15) is 0 Å². The number of hydrogen-bond donors (Lipinski definition) is 1. The van der Waals surface area contributed by atoms with Crippen molar-refractivity contribution in [3.63, 3.8) is 0 Å². The van der Waals surface area contributed by atoms with Crippen LogP contribution in [0.1, 0.15) is 18.1 Å². The highest BCUT2D eigenvalue weighted by molar-refractivity contribution is 5.53. The summed E-state index contributed by atoms with van der Waals surface area (Å²) in [6.45, 7) is 3.18. The molecule has 0 heterocycles. The fraction of sp³-hybridized carbons (Fsp3) is 0.200. The lowest BCUT2D eigenvalue weighted by atomic mass is 10.1. The quantitative estimate of drug-likeness (QED) is 0.579. The molecule has 0 atom stereocenters. The van der Waals surface area contributed by atoms with E-state index in [1.165, 1.54) is 19.1 Å². The van der Waals surface area contributed by atoms with Crippen molar-refractivity contribution >= 4 is 6.08 Å². The standard InChI is InChI=1S/C10H11NO3/c1-7-5-9(3-4-10(7)12)6-8(2)11(13)14/h3-6,12H,1-2H3/b8-6+. The molecule has 1 aromatic rings. The summed E-state index contributed by atoms with van der Waals surface area (Å²) in [7, 11) is 0. The van der Waals surface area contributed by atoms with E-state index in [-0.39, 0.29) is 11.4 Å². The zero-order valence-electron chi connectivity index (χ0n) is 8.02. The van der Waals surface area contributed by atoms with Crippen LogP contribution in [-0.4, -0.2) is 10.0 Å². The van der Waals surface area contributed by atoms with Gasteiger partial charge in [-0.05, 0) is 30.2 Å². The molecule has 0 amide bonds. The smallest absolute Gasteiger partial charge is 0.243 e. The monoisotopic (exact) mass is 193 g/mol. The molecule has 0 saturated carbocycles. The average Bonchev–Trinajstić information content (AvgIpc) is 2.11. The Hall–Kier alpha value is -1.84. The molecular weight excluding hydrogens is 182 g/mol. The van der Waals surface area contributed by atoms with Crippen LogP contribution < -0.4 is 0 Å². The number of hydrogen-bond acceptors (Lipinski definition) is 3. The second kappa shape index (κ2) is 3.91. The van der Waals surface area contributed by atoms with Gasteiger partial charge >= 0.3 is 0 Å². The second-order valence-corrected chi connectivity index (χ2v) is 3.09. The molecule has 0 bridgehead atoms. The fourth-order valence-electron chi connectivity index (χ4n) is 1.06. The fourth-order valence-corrected chi connectivity index (χ4v) is 1.06. The summed E-state index contributed by atoms with van der Waals surface area (Å²) in [5.41, 5.74) is 1.50. The summed E-state index contributed by atoms with van der Waals surface area (Å²) < 4.78 is 0. The molecule has 0 aliphatic heterocycles. The van der Waals surface area contributed by atoms with Crippen LogP contribution in [0.2, 0.25) is 0 Å². The molecule has 0 saturated heterocycles. The van der Waals surface area contributed by atoms with Crippen LogP contribution in [0.25, 0.3) is 6.08 Å². The Balaban J connectivity index is 3.04.